The van der Waals surface area contributed by atoms with Crippen molar-refractivity contribution in [1.29, 1.82) is 0 Å². The lowest BCUT2D eigenvalue weighted by Gasteiger charge is -2.18. The SMILES string of the molecule is CC/C=C\C/C=C\C/C=C\C/C=C\C/C=C\C/C=C\CCCCCCC(=O)OCC(COC(=O)CCCCCCCCCCC/C=C\C/C=C\CCCCC)OC(=O)CCCCCCCCCCCCC/C=C\CCCCCCCCCC. The Kier molecular flexibility index (Phi) is 67.2. The number of ether oxygens (including phenoxy) is 3. The maximum absolute atomic E-state index is 13.0. The van der Waals surface area contributed by atoms with Crippen LogP contribution in [0.25, 0.3) is 0 Å². The first-order chi connectivity index (χ1) is 41.0. The van der Waals surface area contributed by atoms with E-state index in [4.69, 9.17) is 14.2 Å². The van der Waals surface area contributed by atoms with Crippen molar-refractivity contribution in [1.82, 2.24) is 0 Å². The average molecular weight is 1150 g/mol. The molecule has 1 atom stereocenters. The van der Waals surface area contributed by atoms with Gasteiger partial charge >= 0.3 is 17.9 Å². The van der Waals surface area contributed by atoms with Gasteiger partial charge in [-0.3, -0.25) is 14.4 Å². The maximum Gasteiger partial charge on any atom is 0.306 e. The van der Waals surface area contributed by atoms with E-state index >= 15 is 0 Å². The predicted octanol–water partition coefficient (Wildman–Crippen LogP) is 24.6. The van der Waals surface area contributed by atoms with Crippen LogP contribution in [0.15, 0.2) is 109 Å². The first-order valence-corrected chi connectivity index (χ1v) is 35.4. The average Bonchev–Trinajstić information content (AvgIpc) is 3.49. The van der Waals surface area contributed by atoms with Gasteiger partial charge in [0.25, 0.3) is 0 Å². The largest absolute Gasteiger partial charge is 0.462 e. The normalized spacial score (nSPS) is 12.8. The Morgan fingerprint density at radius 1 is 0.253 bits per heavy atom. The number of carbonyl (C=O) groups is 3. The van der Waals surface area contributed by atoms with Crippen molar-refractivity contribution in [2.45, 2.75) is 348 Å². The summed E-state index contributed by atoms with van der Waals surface area (Å²) < 4.78 is 17.0. The molecule has 0 aliphatic heterocycles. The molecule has 0 rings (SSSR count). The summed E-state index contributed by atoms with van der Waals surface area (Å²) in [5.41, 5.74) is 0. The Morgan fingerprint density at radius 3 is 0.771 bits per heavy atom. The molecule has 0 bridgehead atoms. The number of allylic oxidation sites excluding steroid dienone is 18. The fourth-order valence-corrected chi connectivity index (χ4v) is 9.94. The van der Waals surface area contributed by atoms with Crippen LogP contribution in [0.5, 0.6) is 0 Å². The highest BCUT2D eigenvalue weighted by Gasteiger charge is 2.19. The van der Waals surface area contributed by atoms with E-state index in [0.29, 0.717) is 19.3 Å². The van der Waals surface area contributed by atoms with Gasteiger partial charge in [0.2, 0.25) is 0 Å². The third-order valence-electron chi connectivity index (χ3n) is 15.2. The van der Waals surface area contributed by atoms with Crippen molar-refractivity contribution >= 4 is 17.9 Å². The van der Waals surface area contributed by atoms with Crippen molar-refractivity contribution in [3.05, 3.63) is 109 Å². The molecule has 0 saturated carbocycles. The molecule has 0 aliphatic rings. The minimum Gasteiger partial charge on any atom is -0.462 e. The molecular weight excluding hydrogens is 1020 g/mol. The summed E-state index contributed by atoms with van der Waals surface area (Å²) in [5.74, 6) is -0.905. The molecule has 6 nitrogen and oxygen atoms in total. The lowest BCUT2D eigenvalue weighted by atomic mass is 10.0. The second kappa shape index (κ2) is 70.6. The molecular formula is C77H132O6. The van der Waals surface area contributed by atoms with E-state index in [9.17, 15) is 14.4 Å². The van der Waals surface area contributed by atoms with Gasteiger partial charge in [-0.1, -0.05) is 304 Å². The van der Waals surface area contributed by atoms with Crippen molar-refractivity contribution in [3.8, 4) is 0 Å². The fourth-order valence-electron chi connectivity index (χ4n) is 9.94. The number of esters is 3. The van der Waals surface area contributed by atoms with Gasteiger partial charge in [-0.25, -0.2) is 0 Å². The van der Waals surface area contributed by atoms with E-state index in [-0.39, 0.29) is 31.1 Å². The van der Waals surface area contributed by atoms with E-state index in [0.717, 1.165) is 116 Å². The van der Waals surface area contributed by atoms with Crippen molar-refractivity contribution in [2.75, 3.05) is 13.2 Å². The number of hydrogen-bond donors (Lipinski definition) is 0. The van der Waals surface area contributed by atoms with Gasteiger partial charge in [-0.05, 0) is 128 Å². The van der Waals surface area contributed by atoms with Crippen molar-refractivity contribution in [2.24, 2.45) is 0 Å². The predicted molar refractivity (Wildman–Crippen MR) is 362 cm³/mol. The second-order valence-corrected chi connectivity index (χ2v) is 23.4. The number of rotatable bonds is 64. The summed E-state index contributed by atoms with van der Waals surface area (Å²) in [6.07, 6.45) is 96.7. The van der Waals surface area contributed by atoms with E-state index in [1.165, 1.54) is 186 Å². The smallest absolute Gasteiger partial charge is 0.306 e. The summed E-state index contributed by atoms with van der Waals surface area (Å²) in [7, 11) is 0. The van der Waals surface area contributed by atoms with Gasteiger partial charge in [-0.2, -0.15) is 0 Å². The lowest BCUT2D eigenvalue weighted by molar-refractivity contribution is -0.167. The minimum atomic E-state index is -0.795. The number of carbonyl (C=O) groups excluding carboxylic acids is 3. The third-order valence-corrected chi connectivity index (χ3v) is 15.2. The van der Waals surface area contributed by atoms with E-state index in [2.05, 4.69) is 130 Å². The molecule has 0 spiro atoms. The molecule has 0 aromatic heterocycles. The molecule has 0 aliphatic carbocycles. The topological polar surface area (TPSA) is 78.9 Å². The van der Waals surface area contributed by atoms with Crippen LogP contribution >= 0.6 is 0 Å². The zero-order valence-electron chi connectivity index (χ0n) is 54.7. The highest BCUT2D eigenvalue weighted by Crippen LogP contribution is 2.17. The van der Waals surface area contributed by atoms with Gasteiger partial charge < -0.3 is 14.2 Å². The summed E-state index contributed by atoms with van der Waals surface area (Å²) in [6.45, 7) is 6.52. The Morgan fingerprint density at radius 2 is 0.470 bits per heavy atom. The molecule has 0 fully saturated rings. The molecule has 1 unspecified atom stereocenters. The molecule has 83 heavy (non-hydrogen) atoms. The zero-order chi connectivity index (χ0) is 59.9. The molecule has 0 saturated heterocycles. The molecule has 6 heteroatoms. The maximum atomic E-state index is 13.0. The first-order valence-electron chi connectivity index (χ1n) is 35.4. The summed E-state index contributed by atoms with van der Waals surface area (Å²) in [5, 5.41) is 0. The van der Waals surface area contributed by atoms with Gasteiger partial charge in [0.1, 0.15) is 13.2 Å². The van der Waals surface area contributed by atoms with E-state index in [1.807, 2.05) is 0 Å². The molecule has 0 heterocycles. The van der Waals surface area contributed by atoms with Gasteiger partial charge in [0.15, 0.2) is 6.10 Å². The Bertz CT molecular complexity index is 1660. The monoisotopic (exact) mass is 1150 g/mol. The highest BCUT2D eigenvalue weighted by atomic mass is 16.6. The van der Waals surface area contributed by atoms with Crippen LogP contribution in [0.1, 0.15) is 342 Å². The summed E-state index contributed by atoms with van der Waals surface area (Å²) in [6, 6.07) is 0. The quantitative estimate of drug-likeness (QED) is 0.0261. The standard InChI is InChI=1S/C77H132O6/c1-4-7-10-13-16-19-22-25-28-31-34-36-38-40-43-46-49-52-55-58-61-64-67-70-76(79)82-73-74(72-81-75(78)69-66-63-60-57-54-51-48-45-42-33-30-27-24-21-18-15-12-9-6-3)83-77(80)71-68-65-62-59-56-53-50-47-44-41-39-37-35-32-29-26-23-20-17-14-11-8-5-2/h7,10,16,18-19,21,25,27-28,30,32,34-36,40,43,49,52,74H,4-6,8-9,11-15,17,20,22-24,26,29,31,33,37-39,41-42,44-48,50-51,53-73H2,1-3H3/b10-7-,19-16-,21-18-,28-25-,30-27-,35-32-,36-34-,43-40-,52-49-. The fraction of sp³-hybridized carbons (Fsp3) is 0.727. The van der Waals surface area contributed by atoms with Crippen LogP contribution < -0.4 is 0 Å². The van der Waals surface area contributed by atoms with Crippen LogP contribution in [-0.4, -0.2) is 37.2 Å². The molecule has 0 amide bonds. The Hall–Kier alpha value is -3.93. The van der Waals surface area contributed by atoms with Gasteiger partial charge in [0.05, 0.1) is 0 Å². The number of unbranched alkanes of at least 4 members (excludes halogenated alkanes) is 35. The Balaban J connectivity index is 4.43. The third kappa shape index (κ3) is 68.7. The number of hydrogen-bond acceptors (Lipinski definition) is 6. The van der Waals surface area contributed by atoms with Crippen LogP contribution in [0.2, 0.25) is 0 Å². The zero-order valence-corrected chi connectivity index (χ0v) is 54.7. The van der Waals surface area contributed by atoms with Crippen LogP contribution in [0, 0.1) is 0 Å². The van der Waals surface area contributed by atoms with Gasteiger partial charge in [0, 0.05) is 19.3 Å². The second-order valence-electron chi connectivity index (χ2n) is 23.4. The first kappa shape index (κ1) is 79.1. The van der Waals surface area contributed by atoms with E-state index in [1.54, 1.807) is 0 Å². The molecule has 0 N–H and O–H groups in total. The lowest BCUT2D eigenvalue weighted by Crippen LogP contribution is -2.30. The minimum absolute atomic E-state index is 0.0884. The molecule has 0 radical (unpaired) electrons. The van der Waals surface area contributed by atoms with Crippen molar-refractivity contribution in [3.63, 3.8) is 0 Å². The highest BCUT2D eigenvalue weighted by molar-refractivity contribution is 5.71. The van der Waals surface area contributed by atoms with Crippen LogP contribution in [-0.2, 0) is 28.6 Å². The van der Waals surface area contributed by atoms with Crippen LogP contribution in [0.3, 0.4) is 0 Å². The van der Waals surface area contributed by atoms with E-state index < -0.39 is 6.10 Å². The molecule has 0 aromatic carbocycles. The molecule has 476 valence electrons. The van der Waals surface area contributed by atoms with Gasteiger partial charge in [-0.15, -0.1) is 0 Å². The summed E-state index contributed by atoms with van der Waals surface area (Å²) in [4.78, 5) is 38.5. The van der Waals surface area contributed by atoms with Crippen LogP contribution in [0.4, 0.5) is 0 Å². The van der Waals surface area contributed by atoms with Crippen molar-refractivity contribution < 1.29 is 28.6 Å². The summed E-state index contributed by atoms with van der Waals surface area (Å²) >= 11 is 0. The Labute approximate surface area is 514 Å². The molecule has 0 aromatic rings.